The maximum absolute atomic E-state index is 11.9. The SMILES string of the molecule is CCN(CC)Cc1c(O)ccc2c(=O)cc(C)oc12. The van der Waals surface area contributed by atoms with Crippen LogP contribution in [0.15, 0.2) is 27.4 Å². The molecule has 2 rings (SSSR count). The van der Waals surface area contributed by atoms with Gasteiger partial charge in [-0.2, -0.15) is 0 Å². The molecule has 0 saturated carbocycles. The predicted octanol–water partition coefficient (Wildman–Crippen LogP) is 2.65. The fraction of sp³-hybridized carbons (Fsp3) is 0.400. The fourth-order valence-corrected chi connectivity index (χ4v) is 2.20. The topological polar surface area (TPSA) is 53.7 Å². The van der Waals surface area contributed by atoms with Gasteiger partial charge in [0.05, 0.1) is 10.9 Å². The fourth-order valence-electron chi connectivity index (χ4n) is 2.20. The lowest BCUT2D eigenvalue weighted by atomic mass is 10.1. The number of benzene rings is 1. The molecular formula is C15H19NO3. The van der Waals surface area contributed by atoms with Crippen LogP contribution in [-0.2, 0) is 6.54 Å². The van der Waals surface area contributed by atoms with E-state index in [0.29, 0.717) is 28.8 Å². The summed E-state index contributed by atoms with van der Waals surface area (Å²) in [5.74, 6) is 0.733. The third kappa shape index (κ3) is 2.63. The number of phenols is 1. The number of rotatable bonds is 4. The third-order valence-electron chi connectivity index (χ3n) is 3.37. The summed E-state index contributed by atoms with van der Waals surface area (Å²) in [4.78, 5) is 14.1. The van der Waals surface area contributed by atoms with Crippen LogP contribution in [0.25, 0.3) is 11.0 Å². The molecule has 0 radical (unpaired) electrons. The van der Waals surface area contributed by atoms with Crippen molar-refractivity contribution in [3.8, 4) is 5.75 Å². The van der Waals surface area contributed by atoms with Gasteiger partial charge in [0.25, 0.3) is 0 Å². The van der Waals surface area contributed by atoms with Crippen LogP contribution in [0, 0.1) is 6.92 Å². The van der Waals surface area contributed by atoms with Crippen LogP contribution >= 0.6 is 0 Å². The molecule has 1 heterocycles. The van der Waals surface area contributed by atoms with Crippen molar-refractivity contribution >= 4 is 11.0 Å². The first-order chi connectivity index (χ1) is 9.06. The first-order valence-corrected chi connectivity index (χ1v) is 6.54. The Balaban J connectivity index is 2.64. The lowest BCUT2D eigenvalue weighted by molar-refractivity contribution is 0.290. The molecule has 0 bridgehead atoms. The Morgan fingerprint density at radius 2 is 1.95 bits per heavy atom. The predicted molar refractivity (Wildman–Crippen MR) is 75.5 cm³/mol. The Bertz CT molecular complexity index is 642. The summed E-state index contributed by atoms with van der Waals surface area (Å²) in [6, 6.07) is 4.65. The van der Waals surface area contributed by atoms with E-state index in [4.69, 9.17) is 4.42 Å². The minimum atomic E-state index is -0.0699. The molecule has 102 valence electrons. The van der Waals surface area contributed by atoms with Crippen LogP contribution in [0.3, 0.4) is 0 Å². The molecule has 4 heteroatoms. The number of fused-ring (bicyclic) bond motifs is 1. The van der Waals surface area contributed by atoms with Gasteiger partial charge in [0.2, 0.25) is 0 Å². The monoisotopic (exact) mass is 261 g/mol. The van der Waals surface area contributed by atoms with Gasteiger partial charge in [-0.15, -0.1) is 0 Å². The van der Waals surface area contributed by atoms with Crippen LogP contribution in [0.1, 0.15) is 25.2 Å². The quantitative estimate of drug-likeness (QED) is 0.919. The highest BCUT2D eigenvalue weighted by Crippen LogP contribution is 2.27. The second-order valence-corrected chi connectivity index (χ2v) is 4.62. The summed E-state index contributed by atoms with van der Waals surface area (Å²) in [7, 11) is 0. The summed E-state index contributed by atoms with van der Waals surface area (Å²) in [5.41, 5.74) is 1.11. The molecule has 1 aromatic carbocycles. The molecule has 4 nitrogen and oxygen atoms in total. The first kappa shape index (κ1) is 13.6. The minimum absolute atomic E-state index is 0.0699. The van der Waals surface area contributed by atoms with Gasteiger partial charge >= 0.3 is 0 Å². The smallest absolute Gasteiger partial charge is 0.192 e. The van der Waals surface area contributed by atoms with Gasteiger partial charge in [0.1, 0.15) is 17.1 Å². The molecule has 0 aliphatic carbocycles. The largest absolute Gasteiger partial charge is 0.507 e. The van der Waals surface area contributed by atoms with Crippen molar-refractivity contribution in [2.24, 2.45) is 0 Å². The lowest BCUT2D eigenvalue weighted by Gasteiger charge is -2.19. The van der Waals surface area contributed by atoms with E-state index in [1.165, 1.54) is 6.07 Å². The second kappa shape index (κ2) is 5.45. The van der Waals surface area contributed by atoms with Gasteiger partial charge in [0.15, 0.2) is 5.43 Å². The van der Waals surface area contributed by atoms with Crippen LogP contribution in [0.5, 0.6) is 5.75 Å². The number of phenolic OH excluding ortho intramolecular Hbond substituents is 1. The molecule has 0 aliphatic heterocycles. The van der Waals surface area contributed by atoms with Crippen molar-refractivity contribution in [1.29, 1.82) is 0 Å². The van der Waals surface area contributed by atoms with Gasteiger partial charge in [-0.3, -0.25) is 9.69 Å². The van der Waals surface area contributed by atoms with Gasteiger partial charge in [-0.25, -0.2) is 0 Å². The molecule has 2 aromatic rings. The number of hydrogen-bond acceptors (Lipinski definition) is 4. The number of nitrogens with zero attached hydrogens (tertiary/aromatic N) is 1. The zero-order chi connectivity index (χ0) is 14.0. The molecule has 19 heavy (non-hydrogen) atoms. The average Bonchev–Trinajstić information content (AvgIpc) is 2.37. The summed E-state index contributed by atoms with van der Waals surface area (Å²) >= 11 is 0. The lowest BCUT2D eigenvalue weighted by Crippen LogP contribution is -2.22. The Kier molecular flexibility index (Phi) is 3.90. The summed E-state index contributed by atoms with van der Waals surface area (Å²) < 4.78 is 5.66. The highest BCUT2D eigenvalue weighted by molar-refractivity contribution is 5.82. The molecule has 1 aromatic heterocycles. The Morgan fingerprint density at radius 1 is 1.26 bits per heavy atom. The number of aryl methyl sites for hydroxylation is 1. The van der Waals surface area contributed by atoms with Gasteiger partial charge in [0, 0.05) is 12.6 Å². The van der Waals surface area contributed by atoms with E-state index < -0.39 is 0 Å². The number of hydrogen-bond donors (Lipinski definition) is 1. The van der Waals surface area contributed by atoms with Gasteiger partial charge in [-0.05, 0) is 32.1 Å². The highest BCUT2D eigenvalue weighted by Gasteiger charge is 2.14. The molecule has 0 amide bonds. The van der Waals surface area contributed by atoms with Crippen molar-refractivity contribution in [1.82, 2.24) is 4.90 Å². The van der Waals surface area contributed by atoms with Crippen molar-refractivity contribution in [2.45, 2.75) is 27.3 Å². The van der Waals surface area contributed by atoms with Crippen LogP contribution < -0.4 is 5.43 Å². The van der Waals surface area contributed by atoms with Crippen molar-refractivity contribution < 1.29 is 9.52 Å². The van der Waals surface area contributed by atoms with Crippen molar-refractivity contribution in [3.63, 3.8) is 0 Å². The maximum atomic E-state index is 11.9. The Labute approximate surface area is 112 Å². The van der Waals surface area contributed by atoms with Crippen molar-refractivity contribution in [3.05, 3.63) is 39.7 Å². The molecule has 1 N–H and O–H groups in total. The summed E-state index contributed by atoms with van der Waals surface area (Å²) in [6.07, 6.45) is 0. The standard InChI is InChI=1S/C15H19NO3/c1-4-16(5-2)9-12-13(17)7-6-11-14(18)8-10(3)19-15(11)12/h6-8,17H,4-5,9H2,1-3H3. The normalized spacial score (nSPS) is 11.4. The Hall–Kier alpha value is -1.81. The van der Waals surface area contributed by atoms with Gasteiger partial charge < -0.3 is 9.52 Å². The summed E-state index contributed by atoms with van der Waals surface area (Å²) in [5, 5.41) is 10.6. The molecule has 0 unspecified atom stereocenters. The first-order valence-electron chi connectivity index (χ1n) is 6.54. The third-order valence-corrected chi connectivity index (χ3v) is 3.37. The second-order valence-electron chi connectivity index (χ2n) is 4.62. The number of aromatic hydroxyl groups is 1. The molecule has 0 aliphatic rings. The summed E-state index contributed by atoms with van der Waals surface area (Å²) in [6.45, 7) is 8.19. The zero-order valence-corrected chi connectivity index (χ0v) is 11.6. The Morgan fingerprint density at radius 3 is 2.58 bits per heavy atom. The molecule has 0 fully saturated rings. The van der Waals surface area contributed by atoms with Crippen LogP contribution in [-0.4, -0.2) is 23.1 Å². The van der Waals surface area contributed by atoms with E-state index in [9.17, 15) is 9.90 Å². The van der Waals surface area contributed by atoms with Crippen molar-refractivity contribution in [2.75, 3.05) is 13.1 Å². The van der Waals surface area contributed by atoms with E-state index in [1.54, 1.807) is 19.1 Å². The van der Waals surface area contributed by atoms with E-state index in [2.05, 4.69) is 18.7 Å². The maximum Gasteiger partial charge on any atom is 0.192 e. The van der Waals surface area contributed by atoms with E-state index in [0.717, 1.165) is 13.1 Å². The molecular weight excluding hydrogens is 242 g/mol. The van der Waals surface area contributed by atoms with E-state index >= 15 is 0 Å². The van der Waals surface area contributed by atoms with Gasteiger partial charge in [-0.1, -0.05) is 13.8 Å². The van der Waals surface area contributed by atoms with E-state index in [1.807, 2.05) is 0 Å². The zero-order valence-electron chi connectivity index (χ0n) is 11.6. The highest BCUT2D eigenvalue weighted by atomic mass is 16.3. The molecule has 0 spiro atoms. The van der Waals surface area contributed by atoms with Crippen LogP contribution in [0.2, 0.25) is 0 Å². The molecule has 0 atom stereocenters. The average molecular weight is 261 g/mol. The van der Waals surface area contributed by atoms with E-state index in [-0.39, 0.29) is 11.2 Å². The van der Waals surface area contributed by atoms with Crippen LogP contribution in [0.4, 0.5) is 0 Å². The minimum Gasteiger partial charge on any atom is -0.507 e. The molecule has 0 saturated heterocycles.